The van der Waals surface area contributed by atoms with Crippen LogP contribution in [0.25, 0.3) is 0 Å². The van der Waals surface area contributed by atoms with Crippen molar-refractivity contribution in [2.24, 2.45) is 0 Å². The van der Waals surface area contributed by atoms with E-state index in [1.54, 1.807) is 11.3 Å². The molecule has 0 aliphatic heterocycles. The van der Waals surface area contributed by atoms with E-state index in [0.717, 1.165) is 17.1 Å². The van der Waals surface area contributed by atoms with Crippen LogP contribution in [0.15, 0.2) is 42.5 Å². The fourth-order valence-electron chi connectivity index (χ4n) is 1.86. The van der Waals surface area contributed by atoms with E-state index in [2.05, 4.69) is 11.8 Å². The molecule has 0 saturated heterocycles. The summed E-state index contributed by atoms with van der Waals surface area (Å²) in [5.41, 5.74) is 1.10. The second-order valence-corrected chi connectivity index (χ2v) is 5.47. The lowest BCUT2D eigenvalue weighted by Gasteiger charge is -2.21. The van der Waals surface area contributed by atoms with Crippen molar-refractivity contribution in [3.8, 4) is 0 Å². The van der Waals surface area contributed by atoms with Crippen molar-refractivity contribution in [3.63, 3.8) is 0 Å². The predicted molar refractivity (Wildman–Crippen MR) is 77.7 cm³/mol. The zero-order valence-electron chi connectivity index (χ0n) is 10.7. The van der Waals surface area contributed by atoms with Gasteiger partial charge in [-0.05, 0) is 38.1 Å². The molecule has 94 valence electrons. The van der Waals surface area contributed by atoms with Crippen LogP contribution in [0, 0.1) is 6.92 Å². The summed E-state index contributed by atoms with van der Waals surface area (Å²) in [4.78, 5) is 16.3. The van der Waals surface area contributed by atoms with Gasteiger partial charge in [0.25, 0.3) is 0 Å². The molecule has 0 N–H and O–H groups in total. The first-order valence-electron chi connectivity index (χ1n) is 6.10. The maximum absolute atomic E-state index is 12.2. The van der Waals surface area contributed by atoms with E-state index < -0.39 is 0 Å². The Bertz CT molecular complexity index is 518. The number of carbonyl (C=O) groups is 1. The molecule has 0 saturated carbocycles. The minimum Gasteiger partial charge on any atom is -0.364 e. The van der Waals surface area contributed by atoms with Gasteiger partial charge in [0.05, 0.1) is 11.4 Å². The molecule has 1 heterocycles. The molecule has 0 radical (unpaired) electrons. The number of hydrogen-bond donors (Lipinski definition) is 0. The second kappa shape index (κ2) is 5.83. The van der Waals surface area contributed by atoms with Gasteiger partial charge in [0, 0.05) is 17.1 Å². The number of Topliss-reactive ketones (excluding diaryl/α,β-unsaturated/α-hetero) is 1. The molecule has 0 aliphatic carbocycles. The highest BCUT2D eigenvalue weighted by Crippen LogP contribution is 2.18. The zero-order chi connectivity index (χ0) is 13.0. The Balaban J connectivity index is 2.10. The normalized spacial score (nSPS) is 10.3. The number of carbonyl (C=O) groups excluding carboxylic acids is 1. The topological polar surface area (TPSA) is 20.3 Å². The summed E-state index contributed by atoms with van der Waals surface area (Å²) in [7, 11) is 0. The lowest BCUT2D eigenvalue weighted by Crippen LogP contribution is -2.29. The van der Waals surface area contributed by atoms with Crippen LogP contribution < -0.4 is 4.90 Å². The molecular weight excluding hydrogens is 242 g/mol. The van der Waals surface area contributed by atoms with Gasteiger partial charge in [0.1, 0.15) is 0 Å². The van der Waals surface area contributed by atoms with Gasteiger partial charge >= 0.3 is 0 Å². The number of ketones is 1. The van der Waals surface area contributed by atoms with Crippen LogP contribution in [0.2, 0.25) is 0 Å². The van der Waals surface area contributed by atoms with Gasteiger partial charge in [-0.1, -0.05) is 18.2 Å². The van der Waals surface area contributed by atoms with E-state index in [4.69, 9.17) is 0 Å². The second-order valence-electron chi connectivity index (χ2n) is 4.18. The molecule has 2 nitrogen and oxygen atoms in total. The number of hydrogen-bond acceptors (Lipinski definition) is 3. The lowest BCUT2D eigenvalue weighted by atomic mass is 10.2. The monoisotopic (exact) mass is 259 g/mol. The van der Waals surface area contributed by atoms with Crippen LogP contribution in [0.3, 0.4) is 0 Å². The Labute approximate surface area is 112 Å². The summed E-state index contributed by atoms with van der Waals surface area (Å²) in [6.45, 7) is 5.37. The molecule has 3 heteroatoms. The third-order valence-corrected chi connectivity index (χ3v) is 3.89. The maximum Gasteiger partial charge on any atom is 0.191 e. The van der Waals surface area contributed by atoms with Crippen LogP contribution >= 0.6 is 11.3 Å². The zero-order valence-corrected chi connectivity index (χ0v) is 11.5. The molecule has 0 atom stereocenters. The first kappa shape index (κ1) is 12.8. The van der Waals surface area contributed by atoms with E-state index in [9.17, 15) is 4.79 Å². The number of benzene rings is 1. The van der Waals surface area contributed by atoms with Gasteiger partial charge in [-0.2, -0.15) is 0 Å². The molecule has 0 spiro atoms. The Kier molecular flexibility index (Phi) is 4.15. The van der Waals surface area contributed by atoms with Crippen molar-refractivity contribution < 1.29 is 4.79 Å². The van der Waals surface area contributed by atoms with Crippen molar-refractivity contribution in [1.82, 2.24) is 0 Å². The van der Waals surface area contributed by atoms with Gasteiger partial charge < -0.3 is 4.90 Å². The quantitative estimate of drug-likeness (QED) is 0.762. The highest BCUT2D eigenvalue weighted by atomic mass is 32.1. The number of likely N-dealkylation sites (N-methyl/N-ethyl adjacent to an activating group) is 1. The van der Waals surface area contributed by atoms with Crippen molar-refractivity contribution in [1.29, 1.82) is 0 Å². The number of rotatable bonds is 5. The molecule has 0 aliphatic rings. The van der Waals surface area contributed by atoms with Crippen molar-refractivity contribution in [2.75, 3.05) is 18.0 Å². The van der Waals surface area contributed by atoms with Gasteiger partial charge in [0.2, 0.25) is 0 Å². The van der Waals surface area contributed by atoms with Gasteiger partial charge in [0.15, 0.2) is 5.78 Å². The smallest absolute Gasteiger partial charge is 0.191 e. The number of thiophene rings is 1. The fraction of sp³-hybridized carbons (Fsp3) is 0.267. The number of nitrogens with zero attached hydrogens (tertiary/aromatic N) is 1. The predicted octanol–water partition coefficient (Wildman–Crippen LogP) is 3.77. The van der Waals surface area contributed by atoms with Crippen LogP contribution in [0.4, 0.5) is 5.69 Å². The van der Waals surface area contributed by atoms with E-state index in [-0.39, 0.29) is 5.78 Å². The molecule has 0 unspecified atom stereocenters. The number of para-hydroxylation sites is 1. The van der Waals surface area contributed by atoms with E-state index in [1.807, 2.05) is 49.4 Å². The van der Waals surface area contributed by atoms with Crippen LogP contribution in [0.5, 0.6) is 0 Å². The van der Waals surface area contributed by atoms with Crippen molar-refractivity contribution in [3.05, 3.63) is 52.2 Å². The van der Waals surface area contributed by atoms with E-state index in [1.165, 1.54) is 4.88 Å². The highest BCUT2D eigenvalue weighted by Gasteiger charge is 2.13. The SMILES string of the molecule is CCN(CC(=O)c1ccc(C)s1)c1ccccc1. The summed E-state index contributed by atoms with van der Waals surface area (Å²) in [5, 5.41) is 0. The largest absolute Gasteiger partial charge is 0.364 e. The third-order valence-electron chi connectivity index (χ3n) is 2.85. The number of anilines is 1. The minimum absolute atomic E-state index is 0.193. The van der Waals surface area contributed by atoms with Gasteiger partial charge in [-0.25, -0.2) is 0 Å². The van der Waals surface area contributed by atoms with Gasteiger partial charge in [-0.3, -0.25) is 4.79 Å². The fourth-order valence-corrected chi connectivity index (χ4v) is 2.66. The first-order valence-corrected chi connectivity index (χ1v) is 6.92. The Morgan fingerprint density at radius 3 is 2.44 bits per heavy atom. The molecule has 2 rings (SSSR count). The molecule has 2 aromatic rings. The molecule has 0 amide bonds. The summed E-state index contributed by atoms with van der Waals surface area (Å²) in [6, 6.07) is 14.0. The summed E-state index contributed by atoms with van der Waals surface area (Å²) in [6.07, 6.45) is 0. The van der Waals surface area contributed by atoms with E-state index >= 15 is 0 Å². The Morgan fingerprint density at radius 2 is 1.89 bits per heavy atom. The summed E-state index contributed by atoms with van der Waals surface area (Å²) >= 11 is 1.57. The maximum atomic E-state index is 12.2. The minimum atomic E-state index is 0.193. The molecule has 0 fully saturated rings. The highest BCUT2D eigenvalue weighted by molar-refractivity contribution is 7.14. The average Bonchev–Trinajstić information content (AvgIpc) is 2.83. The molecule has 1 aromatic heterocycles. The third kappa shape index (κ3) is 2.99. The van der Waals surface area contributed by atoms with Crippen LogP contribution in [0.1, 0.15) is 21.5 Å². The Morgan fingerprint density at radius 1 is 1.17 bits per heavy atom. The molecule has 0 bridgehead atoms. The molecule has 18 heavy (non-hydrogen) atoms. The average molecular weight is 259 g/mol. The van der Waals surface area contributed by atoms with Crippen LogP contribution in [-0.4, -0.2) is 18.9 Å². The van der Waals surface area contributed by atoms with Crippen molar-refractivity contribution >= 4 is 22.8 Å². The molecular formula is C15H17NOS. The Hall–Kier alpha value is -1.61. The van der Waals surface area contributed by atoms with Crippen molar-refractivity contribution in [2.45, 2.75) is 13.8 Å². The number of aryl methyl sites for hydroxylation is 1. The van der Waals surface area contributed by atoms with Gasteiger partial charge in [-0.15, -0.1) is 11.3 Å². The molecule has 1 aromatic carbocycles. The van der Waals surface area contributed by atoms with Crippen LogP contribution in [-0.2, 0) is 0 Å². The summed E-state index contributed by atoms with van der Waals surface area (Å²) < 4.78 is 0. The lowest BCUT2D eigenvalue weighted by molar-refractivity contribution is 0.100. The standard InChI is InChI=1S/C15H17NOS/c1-3-16(13-7-5-4-6-8-13)11-14(17)15-10-9-12(2)18-15/h4-10H,3,11H2,1-2H3. The first-order chi connectivity index (χ1) is 8.70. The summed E-state index contributed by atoms with van der Waals surface area (Å²) in [5.74, 6) is 0.193. The van der Waals surface area contributed by atoms with E-state index in [0.29, 0.717) is 6.54 Å².